The molecule has 1 unspecified atom stereocenters. The highest BCUT2D eigenvalue weighted by atomic mass is 19.4. The van der Waals surface area contributed by atoms with E-state index >= 15 is 0 Å². The maximum absolute atomic E-state index is 13.1. The summed E-state index contributed by atoms with van der Waals surface area (Å²) in [5, 5.41) is 0. The second-order valence-electron chi connectivity index (χ2n) is 7.85. The van der Waals surface area contributed by atoms with Crippen LogP contribution in [0.3, 0.4) is 0 Å². The van der Waals surface area contributed by atoms with E-state index in [4.69, 9.17) is 9.72 Å². The van der Waals surface area contributed by atoms with Crippen LogP contribution in [-0.2, 0) is 10.9 Å². The summed E-state index contributed by atoms with van der Waals surface area (Å²) in [5.74, 6) is 0.649. The highest BCUT2D eigenvalue weighted by Gasteiger charge is 2.30. The first-order chi connectivity index (χ1) is 15.4. The van der Waals surface area contributed by atoms with Gasteiger partial charge in [0.25, 0.3) is 0 Å². The maximum Gasteiger partial charge on any atom is 0.416 e. The Morgan fingerprint density at radius 2 is 1.81 bits per heavy atom. The average molecular weight is 441 g/mol. The molecular weight excluding hydrogens is 419 g/mol. The first-order valence-corrected chi connectivity index (χ1v) is 10.4. The van der Waals surface area contributed by atoms with Crippen LogP contribution in [0.15, 0.2) is 61.1 Å². The Bertz CT molecular complexity index is 1180. The van der Waals surface area contributed by atoms with E-state index < -0.39 is 11.7 Å². The van der Waals surface area contributed by atoms with E-state index in [2.05, 4.69) is 20.9 Å². The van der Waals surface area contributed by atoms with Crippen LogP contribution in [0.5, 0.6) is 0 Å². The van der Waals surface area contributed by atoms with Gasteiger partial charge in [0.05, 0.1) is 36.0 Å². The van der Waals surface area contributed by atoms with Crippen LogP contribution < -0.4 is 0 Å². The third-order valence-corrected chi connectivity index (χ3v) is 5.80. The molecule has 4 heterocycles. The second-order valence-corrected chi connectivity index (χ2v) is 7.85. The summed E-state index contributed by atoms with van der Waals surface area (Å²) in [6, 6.07) is 6.91. The van der Waals surface area contributed by atoms with Gasteiger partial charge in [0.2, 0.25) is 0 Å². The van der Waals surface area contributed by atoms with Gasteiger partial charge in [-0.15, -0.1) is 0 Å². The van der Waals surface area contributed by atoms with E-state index in [-0.39, 0.29) is 6.17 Å². The minimum Gasteiger partial charge on any atom is -0.379 e. The molecule has 6 nitrogen and oxygen atoms in total. The zero-order chi connectivity index (χ0) is 22.3. The van der Waals surface area contributed by atoms with Crippen molar-refractivity contribution in [1.82, 2.24) is 24.3 Å². The van der Waals surface area contributed by atoms with Crippen LogP contribution in [0.4, 0.5) is 13.2 Å². The highest BCUT2D eigenvalue weighted by molar-refractivity contribution is 5.84. The number of nitrogens with zero attached hydrogens (tertiary/aromatic N) is 5. The first-order valence-electron chi connectivity index (χ1n) is 10.4. The van der Waals surface area contributed by atoms with Crippen molar-refractivity contribution in [2.75, 3.05) is 33.4 Å². The number of benzene rings is 1. The number of imidazole rings is 1. The number of pyridine rings is 1. The Hall–Kier alpha value is -3.17. The van der Waals surface area contributed by atoms with Crippen molar-refractivity contribution in [2.24, 2.45) is 0 Å². The van der Waals surface area contributed by atoms with Gasteiger partial charge >= 0.3 is 6.18 Å². The number of aromatic nitrogens is 3. The molecule has 0 amide bonds. The van der Waals surface area contributed by atoms with E-state index in [0.717, 1.165) is 41.8 Å². The molecule has 2 aliphatic heterocycles. The van der Waals surface area contributed by atoms with Gasteiger partial charge < -0.3 is 9.64 Å². The summed E-state index contributed by atoms with van der Waals surface area (Å²) in [7, 11) is 2.01. The molecule has 1 atom stereocenters. The fraction of sp³-hybridized carbons (Fsp3) is 0.304. The number of rotatable bonds is 3. The Morgan fingerprint density at radius 3 is 2.50 bits per heavy atom. The number of allylic oxidation sites excluding steroid dienone is 2. The Kier molecular flexibility index (Phi) is 5.22. The van der Waals surface area contributed by atoms with Crippen LogP contribution in [0, 0.1) is 0 Å². The molecule has 0 bridgehead atoms. The third-order valence-electron chi connectivity index (χ3n) is 5.80. The van der Waals surface area contributed by atoms with Crippen molar-refractivity contribution in [3.63, 3.8) is 0 Å². The zero-order valence-electron chi connectivity index (χ0n) is 17.5. The van der Waals surface area contributed by atoms with Gasteiger partial charge in [-0.1, -0.05) is 6.08 Å². The van der Waals surface area contributed by atoms with Gasteiger partial charge in [0.1, 0.15) is 12.0 Å². The van der Waals surface area contributed by atoms with Crippen molar-refractivity contribution in [3.05, 3.63) is 72.5 Å². The minimum atomic E-state index is -4.38. The standard InChI is InChI=1S/C23H22F3N5O/c1-29-15-16(2-7-21(29)30-10-12-32-13-11-30)22-28-19-8-9-27-14-20(19)31(22)18-5-3-17(4-6-18)23(24,25)26/h2-9,14-15,21H,10-13H2,1H3. The van der Waals surface area contributed by atoms with Gasteiger partial charge in [-0.05, 0) is 36.4 Å². The lowest BCUT2D eigenvalue weighted by Crippen LogP contribution is -2.49. The van der Waals surface area contributed by atoms with Gasteiger partial charge in [0.15, 0.2) is 0 Å². The number of ether oxygens (including phenoxy) is 1. The van der Waals surface area contributed by atoms with Gasteiger partial charge in [-0.2, -0.15) is 13.2 Å². The van der Waals surface area contributed by atoms with Gasteiger partial charge in [-0.25, -0.2) is 4.98 Å². The molecule has 166 valence electrons. The molecule has 1 fully saturated rings. The zero-order valence-corrected chi connectivity index (χ0v) is 17.5. The largest absolute Gasteiger partial charge is 0.416 e. The molecule has 9 heteroatoms. The van der Waals surface area contributed by atoms with Crippen LogP contribution in [0.2, 0.25) is 0 Å². The summed E-state index contributed by atoms with van der Waals surface area (Å²) in [6.45, 7) is 3.15. The Morgan fingerprint density at radius 1 is 1.06 bits per heavy atom. The van der Waals surface area contributed by atoms with Crippen molar-refractivity contribution in [2.45, 2.75) is 12.3 Å². The molecule has 3 aromatic rings. The van der Waals surface area contributed by atoms with Crippen molar-refractivity contribution >= 4 is 16.6 Å². The predicted molar refractivity (Wildman–Crippen MR) is 115 cm³/mol. The lowest BCUT2D eigenvalue weighted by atomic mass is 10.1. The molecule has 5 rings (SSSR count). The first kappa shape index (κ1) is 20.7. The number of halogens is 3. The molecule has 0 saturated carbocycles. The van der Waals surface area contributed by atoms with E-state index in [1.54, 1.807) is 18.5 Å². The molecule has 0 spiro atoms. The highest BCUT2D eigenvalue weighted by Crippen LogP contribution is 2.32. The number of hydrogen-bond acceptors (Lipinski definition) is 5. The number of morpholine rings is 1. The summed E-state index contributed by atoms with van der Waals surface area (Å²) in [4.78, 5) is 13.4. The monoisotopic (exact) mass is 441 g/mol. The fourth-order valence-electron chi connectivity index (χ4n) is 4.20. The van der Waals surface area contributed by atoms with Crippen LogP contribution in [-0.4, -0.2) is 63.9 Å². The predicted octanol–water partition coefficient (Wildman–Crippen LogP) is 3.94. The van der Waals surface area contributed by atoms with Gasteiger partial charge in [0, 0.05) is 43.8 Å². The Labute approximate surface area is 183 Å². The van der Waals surface area contributed by atoms with E-state index in [1.807, 2.05) is 23.9 Å². The number of hydrogen-bond donors (Lipinski definition) is 0. The molecule has 0 radical (unpaired) electrons. The number of likely N-dealkylation sites (N-methyl/N-ethyl adjacent to an activating group) is 1. The molecule has 1 aromatic carbocycles. The quantitative estimate of drug-likeness (QED) is 0.616. The summed E-state index contributed by atoms with van der Waals surface area (Å²) in [5.41, 5.74) is 2.23. The van der Waals surface area contributed by atoms with Crippen molar-refractivity contribution in [1.29, 1.82) is 0 Å². The maximum atomic E-state index is 13.1. The number of fused-ring (bicyclic) bond motifs is 1. The lowest BCUT2D eigenvalue weighted by Gasteiger charge is -2.39. The summed E-state index contributed by atoms with van der Waals surface area (Å²) >= 11 is 0. The van der Waals surface area contributed by atoms with Crippen molar-refractivity contribution in [3.8, 4) is 5.69 Å². The topological polar surface area (TPSA) is 46.4 Å². The summed E-state index contributed by atoms with van der Waals surface area (Å²) in [6.07, 6.45) is 5.23. The third kappa shape index (κ3) is 3.78. The van der Waals surface area contributed by atoms with Crippen LogP contribution in [0.25, 0.3) is 22.3 Å². The summed E-state index contributed by atoms with van der Waals surface area (Å²) < 4.78 is 46.5. The molecular formula is C23H22F3N5O. The van der Waals surface area contributed by atoms with E-state index in [0.29, 0.717) is 24.7 Å². The molecule has 0 N–H and O–H groups in total. The molecule has 0 aliphatic carbocycles. The minimum absolute atomic E-state index is 0.119. The van der Waals surface area contributed by atoms with Crippen LogP contribution in [0.1, 0.15) is 11.4 Å². The normalized spacial score (nSPS) is 20.1. The van der Waals surface area contributed by atoms with E-state index in [1.165, 1.54) is 12.1 Å². The molecule has 2 aliphatic rings. The SMILES string of the molecule is CN1C=C(c2nc3ccncc3n2-c2ccc(C(F)(F)F)cc2)C=CC1N1CCOCC1. The number of alkyl halides is 3. The molecule has 2 aromatic heterocycles. The second kappa shape index (κ2) is 8.07. The van der Waals surface area contributed by atoms with Gasteiger partial charge in [-0.3, -0.25) is 14.5 Å². The molecule has 1 saturated heterocycles. The van der Waals surface area contributed by atoms with Crippen LogP contribution >= 0.6 is 0 Å². The van der Waals surface area contributed by atoms with E-state index in [9.17, 15) is 13.2 Å². The molecule has 32 heavy (non-hydrogen) atoms. The smallest absolute Gasteiger partial charge is 0.379 e. The average Bonchev–Trinajstić information content (AvgIpc) is 3.19. The Balaban J connectivity index is 1.55. The fourth-order valence-corrected chi connectivity index (χ4v) is 4.20. The van der Waals surface area contributed by atoms with Crippen molar-refractivity contribution < 1.29 is 17.9 Å². The lowest BCUT2D eigenvalue weighted by molar-refractivity contribution is -0.137.